The summed E-state index contributed by atoms with van der Waals surface area (Å²) < 4.78 is 4.87. The lowest BCUT2D eigenvalue weighted by Crippen LogP contribution is -2.42. The maximum atomic E-state index is 11.0. The van der Waals surface area contributed by atoms with Crippen LogP contribution in [-0.4, -0.2) is 29.1 Å². The van der Waals surface area contributed by atoms with Gasteiger partial charge in [0, 0.05) is 0 Å². The van der Waals surface area contributed by atoms with Crippen LogP contribution in [0.15, 0.2) is 27.4 Å². The van der Waals surface area contributed by atoms with Gasteiger partial charge in [0.1, 0.15) is 6.04 Å². The summed E-state index contributed by atoms with van der Waals surface area (Å²) in [4.78, 5) is 24.4. The largest absolute Gasteiger partial charge is 0.480 e. The molecule has 18 heavy (non-hydrogen) atoms. The number of oxazole rings is 1. The van der Waals surface area contributed by atoms with E-state index in [1.807, 2.05) is 0 Å². The molecule has 0 fully saturated rings. The van der Waals surface area contributed by atoms with Gasteiger partial charge in [0.25, 0.3) is 0 Å². The van der Waals surface area contributed by atoms with Crippen molar-refractivity contribution in [1.82, 2.24) is 10.3 Å². The van der Waals surface area contributed by atoms with Crippen LogP contribution in [0.2, 0.25) is 0 Å². The third-order valence-electron chi connectivity index (χ3n) is 2.76. The van der Waals surface area contributed by atoms with Crippen LogP contribution in [0.4, 0.5) is 0 Å². The second-order valence-electron chi connectivity index (χ2n) is 3.90. The molecule has 7 heteroatoms. The third kappa shape index (κ3) is 2.13. The zero-order chi connectivity index (χ0) is 13.3. The van der Waals surface area contributed by atoms with E-state index in [0.717, 1.165) is 0 Å². The maximum absolute atomic E-state index is 11.0. The Balaban J connectivity index is 2.44. The molecule has 0 aliphatic carbocycles. The van der Waals surface area contributed by atoms with Crippen molar-refractivity contribution >= 4 is 17.1 Å². The third-order valence-corrected chi connectivity index (χ3v) is 2.76. The molecule has 2 atom stereocenters. The molecule has 1 aromatic heterocycles. The molecule has 0 saturated carbocycles. The predicted molar refractivity (Wildman–Crippen MR) is 64.2 cm³/mol. The van der Waals surface area contributed by atoms with Crippen molar-refractivity contribution in [3.05, 3.63) is 34.3 Å². The molecule has 0 bridgehead atoms. The SMILES string of the molecule is CNC(c1ccc2oc(=O)[nH]c2c1)C(N)C(=O)O. The van der Waals surface area contributed by atoms with E-state index < -0.39 is 23.8 Å². The first-order valence-electron chi connectivity index (χ1n) is 5.31. The molecule has 2 unspecified atom stereocenters. The first kappa shape index (κ1) is 12.3. The van der Waals surface area contributed by atoms with Gasteiger partial charge in [0.15, 0.2) is 5.58 Å². The van der Waals surface area contributed by atoms with E-state index in [9.17, 15) is 9.59 Å². The predicted octanol–water partition coefficient (Wildman–Crippen LogP) is -0.206. The topological polar surface area (TPSA) is 121 Å². The Morgan fingerprint density at radius 1 is 1.56 bits per heavy atom. The van der Waals surface area contributed by atoms with E-state index >= 15 is 0 Å². The zero-order valence-corrected chi connectivity index (χ0v) is 9.64. The Labute approximate surface area is 102 Å². The maximum Gasteiger partial charge on any atom is 0.417 e. The second kappa shape index (κ2) is 4.63. The van der Waals surface area contributed by atoms with Crippen molar-refractivity contribution in [1.29, 1.82) is 0 Å². The van der Waals surface area contributed by atoms with Gasteiger partial charge in [0.05, 0.1) is 11.6 Å². The number of nitrogens with two attached hydrogens (primary N) is 1. The Hall–Kier alpha value is -2.12. The van der Waals surface area contributed by atoms with Gasteiger partial charge in [-0.25, -0.2) is 4.79 Å². The van der Waals surface area contributed by atoms with E-state index in [4.69, 9.17) is 15.3 Å². The minimum absolute atomic E-state index is 0.419. The minimum Gasteiger partial charge on any atom is -0.480 e. The van der Waals surface area contributed by atoms with Gasteiger partial charge in [0.2, 0.25) is 0 Å². The number of carbonyl (C=O) groups is 1. The van der Waals surface area contributed by atoms with E-state index in [1.165, 1.54) is 0 Å². The number of hydrogen-bond donors (Lipinski definition) is 4. The molecule has 96 valence electrons. The van der Waals surface area contributed by atoms with Gasteiger partial charge in [-0.05, 0) is 24.7 Å². The molecule has 0 aliphatic rings. The number of aliphatic carboxylic acids is 1. The average molecular weight is 251 g/mol. The van der Waals surface area contributed by atoms with E-state index in [-0.39, 0.29) is 0 Å². The molecular weight excluding hydrogens is 238 g/mol. The Morgan fingerprint density at radius 3 is 2.89 bits per heavy atom. The lowest BCUT2D eigenvalue weighted by molar-refractivity contribution is -0.139. The van der Waals surface area contributed by atoms with Crippen LogP contribution in [0.3, 0.4) is 0 Å². The molecule has 2 aromatic rings. The van der Waals surface area contributed by atoms with Crippen LogP contribution >= 0.6 is 0 Å². The molecule has 7 nitrogen and oxygen atoms in total. The van der Waals surface area contributed by atoms with Crippen LogP contribution in [0.5, 0.6) is 0 Å². The monoisotopic (exact) mass is 251 g/mol. The average Bonchev–Trinajstić information content (AvgIpc) is 2.69. The lowest BCUT2D eigenvalue weighted by Gasteiger charge is -2.20. The lowest BCUT2D eigenvalue weighted by atomic mass is 10.00. The number of hydrogen-bond acceptors (Lipinski definition) is 5. The summed E-state index contributed by atoms with van der Waals surface area (Å²) >= 11 is 0. The molecule has 0 spiro atoms. The standard InChI is InChI=1S/C11H13N3O4/c1-13-9(8(12)10(15)16)5-2-3-7-6(4-5)14-11(17)18-7/h2-4,8-9,13H,12H2,1H3,(H,14,17)(H,15,16). The number of aromatic amines is 1. The molecule has 0 radical (unpaired) electrons. The number of benzene rings is 1. The first-order chi connectivity index (χ1) is 8.52. The number of rotatable bonds is 4. The summed E-state index contributed by atoms with van der Waals surface area (Å²) in [5.41, 5.74) is 7.19. The fourth-order valence-corrected chi connectivity index (χ4v) is 1.86. The van der Waals surface area contributed by atoms with Crippen LogP contribution < -0.4 is 16.8 Å². The van der Waals surface area contributed by atoms with Gasteiger partial charge < -0.3 is 20.6 Å². The van der Waals surface area contributed by atoms with Crippen LogP contribution in [0.25, 0.3) is 11.1 Å². The second-order valence-corrected chi connectivity index (χ2v) is 3.90. The summed E-state index contributed by atoms with van der Waals surface area (Å²) in [5, 5.41) is 11.8. The van der Waals surface area contributed by atoms with Crippen molar-refractivity contribution in [3.63, 3.8) is 0 Å². The first-order valence-corrected chi connectivity index (χ1v) is 5.31. The highest BCUT2D eigenvalue weighted by molar-refractivity contribution is 5.76. The molecule has 0 aliphatic heterocycles. The number of nitrogens with one attached hydrogen (secondary N) is 2. The summed E-state index contributed by atoms with van der Waals surface area (Å²) in [7, 11) is 1.62. The number of carboxylic acids is 1. The minimum atomic E-state index is -1.10. The van der Waals surface area contributed by atoms with E-state index in [2.05, 4.69) is 10.3 Å². The van der Waals surface area contributed by atoms with E-state index in [0.29, 0.717) is 16.7 Å². The molecule has 1 heterocycles. The van der Waals surface area contributed by atoms with Gasteiger partial charge in [-0.3, -0.25) is 9.78 Å². The molecule has 0 saturated heterocycles. The summed E-state index contributed by atoms with van der Waals surface area (Å²) in [6.07, 6.45) is 0. The van der Waals surface area contributed by atoms with E-state index in [1.54, 1.807) is 25.2 Å². The Bertz CT molecular complexity index is 630. The van der Waals surface area contributed by atoms with Crippen LogP contribution in [0.1, 0.15) is 11.6 Å². The summed E-state index contributed by atoms with van der Waals surface area (Å²) in [6, 6.07) is 3.28. The smallest absolute Gasteiger partial charge is 0.417 e. The van der Waals surface area contributed by atoms with Gasteiger partial charge in [-0.2, -0.15) is 0 Å². The fourth-order valence-electron chi connectivity index (χ4n) is 1.86. The quantitative estimate of drug-likeness (QED) is 0.596. The Morgan fingerprint density at radius 2 is 2.28 bits per heavy atom. The molecule has 2 rings (SSSR count). The van der Waals surface area contributed by atoms with Gasteiger partial charge >= 0.3 is 11.7 Å². The molecular formula is C11H13N3O4. The summed E-state index contributed by atoms with van der Waals surface area (Å²) in [5.74, 6) is -1.65. The number of carboxylic acid groups (broad SMARTS) is 1. The van der Waals surface area contributed by atoms with Gasteiger partial charge in [-0.15, -0.1) is 0 Å². The van der Waals surface area contributed by atoms with Crippen molar-refractivity contribution in [2.75, 3.05) is 7.05 Å². The van der Waals surface area contributed by atoms with Crippen molar-refractivity contribution in [2.45, 2.75) is 12.1 Å². The highest BCUT2D eigenvalue weighted by Crippen LogP contribution is 2.20. The van der Waals surface area contributed by atoms with Crippen LogP contribution in [0, 0.1) is 0 Å². The number of likely N-dealkylation sites (N-methyl/N-ethyl adjacent to an activating group) is 1. The molecule has 1 aromatic carbocycles. The summed E-state index contributed by atoms with van der Waals surface area (Å²) in [6.45, 7) is 0. The highest BCUT2D eigenvalue weighted by Gasteiger charge is 2.24. The number of H-pyrrole nitrogens is 1. The van der Waals surface area contributed by atoms with Crippen molar-refractivity contribution in [3.8, 4) is 0 Å². The molecule has 5 N–H and O–H groups in total. The van der Waals surface area contributed by atoms with Gasteiger partial charge in [-0.1, -0.05) is 6.07 Å². The zero-order valence-electron chi connectivity index (χ0n) is 9.64. The number of fused-ring (bicyclic) bond motifs is 1. The normalized spacial score (nSPS) is 14.6. The Kier molecular flexibility index (Phi) is 3.17. The fraction of sp³-hybridized carbons (Fsp3) is 0.273. The molecule has 0 amide bonds. The highest BCUT2D eigenvalue weighted by atomic mass is 16.4. The van der Waals surface area contributed by atoms with Crippen LogP contribution in [-0.2, 0) is 4.79 Å². The van der Waals surface area contributed by atoms with Crippen molar-refractivity contribution < 1.29 is 14.3 Å². The van der Waals surface area contributed by atoms with Crippen molar-refractivity contribution in [2.24, 2.45) is 5.73 Å². The number of aromatic nitrogens is 1.